The van der Waals surface area contributed by atoms with Crippen LogP contribution in [0.15, 0.2) is 42.5 Å². The van der Waals surface area contributed by atoms with Gasteiger partial charge in [0.1, 0.15) is 5.82 Å². The van der Waals surface area contributed by atoms with Crippen molar-refractivity contribution >= 4 is 23.6 Å². The topological polar surface area (TPSA) is 90.0 Å². The van der Waals surface area contributed by atoms with Gasteiger partial charge in [0.05, 0.1) is 16.7 Å². The molecule has 0 saturated carbocycles. The van der Waals surface area contributed by atoms with Crippen LogP contribution < -0.4 is 0 Å². The maximum atomic E-state index is 12.9. The highest BCUT2D eigenvalue weighted by molar-refractivity contribution is 6.22. The first-order chi connectivity index (χ1) is 13.9. The van der Waals surface area contributed by atoms with Crippen molar-refractivity contribution in [3.8, 4) is 0 Å². The Morgan fingerprint density at radius 2 is 1.62 bits per heavy atom. The third-order valence-electron chi connectivity index (χ3n) is 4.44. The summed E-state index contributed by atoms with van der Waals surface area (Å²) in [5.74, 6) is -2.69. The lowest BCUT2D eigenvalue weighted by Gasteiger charge is -2.12. The summed E-state index contributed by atoms with van der Waals surface area (Å²) in [4.78, 5) is 50.2. The van der Waals surface area contributed by atoms with E-state index in [1.165, 1.54) is 37.4 Å². The number of ketones is 1. The van der Waals surface area contributed by atoms with Crippen LogP contribution in [-0.2, 0) is 9.47 Å². The van der Waals surface area contributed by atoms with Crippen molar-refractivity contribution in [2.45, 2.75) is 6.42 Å². The molecule has 0 radical (unpaired) electrons. The van der Waals surface area contributed by atoms with Crippen molar-refractivity contribution in [3.63, 3.8) is 0 Å². The maximum Gasteiger partial charge on any atom is 0.338 e. The maximum absolute atomic E-state index is 12.9. The van der Waals surface area contributed by atoms with Gasteiger partial charge in [-0.1, -0.05) is 0 Å². The smallest absolute Gasteiger partial charge is 0.338 e. The molecule has 2 aromatic carbocycles. The van der Waals surface area contributed by atoms with Crippen molar-refractivity contribution in [2.24, 2.45) is 0 Å². The van der Waals surface area contributed by atoms with Crippen molar-refractivity contribution in [1.82, 2.24) is 4.90 Å². The first kappa shape index (κ1) is 20.3. The minimum absolute atomic E-state index is 0.0514. The molecule has 1 aliphatic heterocycles. The van der Waals surface area contributed by atoms with Gasteiger partial charge >= 0.3 is 5.97 Å². The van der Waals surface area contributed by atoms with E-state index in [4.69, 9.17) is 9.47 Å². The quantitative estimate of drug-likeness (QED) is 0.293. The van der Waals surface area contributed by atoms with Crippen molar-refractivity contribution in [1.29, 1.82) is 0 Å². The van der Waals surface area contributed by atoms with Crippen molar-refractivity contribution < 1.29 is 33.0 Å². The fourth-order valence-corrected chi connectivity index (χ4v) is 2.92. The number of halogens is 1. The minimum atomic E-state index is -0.804. The van der Waals surface area contributed by atoms with Crippen molar-refractivity contribution in [2.75, 3.05) is 26.9 Å². The van der Waals surface area contributed by atoms with Crippen LogP contribution in [0.4, 0.5) is 4.39 Å². The molecule has 0 N–H and O–H groups in total. The van der Waals surface area contributed by atoms with E-state index >= 15 is 0 Å². The predicted molar refractivity (Wildman–Crippen MR) is 99.3 cm³/mol. The Morgan fingerprint density at radius 3 is 2.31 bits per heavy atom. The highest BCUT2D eigenvalue weighted by atomic mass is 19.1. The molecule has 3 rings (SSSR count). The van der Waals surface area contributed by atoms with Crippen LogP contribution in [0.25, 0.3) is 0 Å². The van der Waals surface area contributed by atoms with Gasteiger partial charge in [0.25, 0.3) is 11.8 Å². The summed E-state index contributed by atoms with van der Waals surface area (Å²) >= 11 is 0. The predicted octanol–water partition coefficient (Wildman–Crippen LogP) is 2.50. The fraction of sp³-hybridized carbons (Fsp3) is 0.238. The van der Waals surface area contributed by atoms with Crippen LogP contribution in [0.3, 0.4) is 0 Å². The normalized spacial score (nSPS) is 12.8. The van der Waals surface area contributed by atoms with Gasteiger partial charge in [0.2, 0.25) is 0 Å². The van der Waals surface area contributed by atoms with Gasteiger partial charge in [-0.25, -0.2) is 9.18 Å². The lowest BCUT2D eigenvalue weighted by Crippen LogP contribution is -2.31. The number of nitrogens with zero attached hydrogens (tertiary/aromatic N) is 1. The second-order valence-corrected chi connectivity index (χ2v) is 6.37. The summed E-state index contributed by atoms with van der Waals surface area (Å²) in [5, 5.41) is 0. The number of carbonyl (C=O) groups is 4. The SMILES string of the molecule is COCCCN1C(=O)c2ccc(C(=O)OCC(=O)c3ccc(F)cc3)cc2C1=O. The first-order valence-electron chi connectivity index (χ1n) is 8.87. The zero-order valence-electron chi connectivity index (χ0n) is 15.6. The van der Waals surface area contributed by atoms with Gasteiger partial charge in [-0.3, -0.25) is 19.3 Å². The van der Waals surface area contributed by atoms with E-state index in [0.717, 1.165) is 17.0 Å². The molecule has 0 aliphatic carbocycles. The molecular weight excluding hydrogens is 381 g/mol. The third kappa shape index (κ3) is 4.38. The number of fused-ring (bicyclic) bond motifs is 1. The average molecular weight is 399 g/mol. The number of esters is 1. The molecule has 0 atom stereocenters. The number of imide groups is 1. The Bertz CT molecular complexity index is 970. The Labute approximate surface area is 166 Å². The van der Waals surface area contributed by atoms with E-state index in [9.17, 15) is 23.6 Å². The average Bonchev–Trinajstić information content (AvgIpc) is 2.96. The summed E-state index contributed by atoms with van der Waals surface area (Å²) in [6, 6.07) is 8.91. The van der Waals surface area contributed by atoms with E-state index in [-0.39, 0.29) is 28.8 Å². The molecule has 150 valence electrons. The molecule has 0 fully saturated rings. The van der Waals surface area contributed by atoms with E-state index < -0.39 is 36.0 Å². The minimum Gasteiger partial charge on any atom is -0.454 e. The molecule has 0 saturated heterocycles. The molecule has 8 heteroatoms. The molecular formula is C21H18FNO6. The van der Waals surface area contributed by atoms with Crippen LogP contribution in [0, 0.1) is 5.82 Å². The lowest BCUT2D eigenvalue weighted by molar-refractivity contribution is 0.0474. The molecule has 7 nitrogen and oxygen atoms in total. The van der Waals surface area contributed by atoms with E-state index in [1.54, 1.807) is 0 Å². The second-order valence-electron chi connectivity index (χ2n) is 6.37. The van der Waals surface area contributed by atoms with Gasteiger partial charge in [-0.05, 0) is 48.9 Å². The number of ether oxygens (including phenoxy) is 2. The largest absolute Gasteiger partial charge is 0.454 e. The van der Waals surface area contributed by atoms with Crippen LogP contribution in [-0.4, -0.2) is 55.3 Å². The number of hydrogen-bond acceptors (Lipinski definition) is 6. The van der Waals surface area contributed by atoms with Crippen LogP contribution >= 0.6 is 0 Å². The number of Topliss-reactive ketones (excluding diaryl/α,β-unsaturated/α-hetero) is 1. The zero-order valence-corrected chi connectivity index (χ0v) is 15.6. The number of amides is 2. The van der Waals surface area contributed by atoms with Gasteiger partial charge < -0.3 is 9.47 Å². The van der Waals surface area contributed by atoms with Crippen molar-refractivity contribution in [3.05, 3.63) is 70.5 Å². The molecule has 0 bridgehead atoms. The molecule has 1 heterocycles. The summed E-state index contributed by atoms with van der Waals surface area (Å²) in [6.45, 7) is 0.0940. The number of hydrogen-bond donors (Lipinski definition) is 0. The van der Waals surface area contributed by atoms with E-state index in [0.29, 0.717) is 13.0 Å². The molecule has 2 aromatic rings. The van der Waals surface area contributed by atoms with E-state index in [1.807, 2.05) is 0 Å². The highest BCUT2D eigenvalue weighted by Gasteiger charge is 2.35. The fourth-order valence-electron chi connectivity index (χ4n) is 2.92. The Balaban J connectivity index is 1.66. The summed E-state index contributed by atoms with van der Waals surface area (Å²) < 4.78 is 22.8. The Morgan fingerprint density at radius 1 is 0.966 bits per heavy atom. The monoisotopic (exact) mass is 399 g/mol. The lowest BCUT2D eigenvalue weighted by atomic mass is 10.1. The molecule has 29 heavy (non-hydrogen) atoms. The van der Waals surface area contributed by atoms with Gasteiger partial charge in [-0.15, -0.1) is 0 Å². The Hall–Kier alpha value is -3.39. The molecule has 0 spiro atoms. The summed E-state index contributed by atoms with van der Waals surface area (Å²) in [5.41, 5.74) is 0.592. The number of carbonyl (C=O) groups excluding carboxylic acids is 4. The number of benzene rings is 2. The summed E-state index contributed by atoms with van der Waals surface area (Å²) in [7, 11) is 1.53. The summed E-state index contributed by atoms with van der Waals surface area (Å²) in [6.07, 6.45) is 0.502. The Kier molecular flexibility index (Phi) is 6.13. The molecule has 1 aliphatic rings. The number of rotatable bonds is 8. The van der Waals surface area contributed by atoms with Gasteiger partial charge in [-0.2, -0.15) is 0 Å². The standard InChI is InChI=1S/C21H18FNO6/c1-28-10-2-9-23-19(25)16-8-5-14(11-17(16)20(23)26)21(27)29-12-18(24)13-3-6-15(22)7-4-13/h3-8,11H,2,9-10,12H2,1H3. The van der Waals surface area contributed by atoms with Gasteiger partial charge in [0.15, 0.2) is 12.4 Å². The van der Waals surface area contributed by atoms with Crippen LogP contribution in [0.1, 0.15) is 47.9 Å². The zero-order chi connectivity index (χ0) is 21.0. The third-order valence-corrected chi connectivity index (χ3v) is 4.44. The first-order valence-corrected chi connectivity index (χ1v) is 8.87. The molecule has 0 aromatic heterocycles. The van der Waals surface area contributed by atoms with Crippen LogP contribution in [0.5, 0.6) is 0 Å². The second kappa shape index (κ2) is 8.74. The highest BCUT2D eigenvalue weighted by Crippen LogP contribution is 2.24. The van der Waals surface area contributed by atoms with E-state index in [2.05, 4.69) is 0 Å². The molecule has 2 amide bonds. The number of methoxy groups -OCH3 is 1. The van der Waals surface area contributed by atoms with Gasteiger partial charge in [0, 0.05) is 25.8 Å². The van der Waals surface area contributed by atoms with Crippen LogP contribution in [0.2, 0.25) is 0 Å². The molecule has 0 unspecified atom stereocenters.